The SMILES string of the molecule is COC1=CC[C@@]2([N+](=O)[O-])C[NH+](C)C[C@]1([N+](=O)[O-])C2. The van der Waals surface area contributed by atoms with Crippen LogP contribution < -0.4 is 4.90 Å². The van der Waals surface area contributed by atoms with Gasteiger partial charge in [-0.05, 0) is 6.08 Å². The van der Waals surface area contributed by atoms with Gasteiger partial charge >= 0.3 is 5.54 Å². The summed E-state index contributed by atoms with van der Waals surface area (Å²) in [7, 11) is 3.12. The molecule has 1 aliphatic carbocycles. The van der Waals surface area contributed by atoms with E-state index in [1.807, 2.05) is 0 Å². The lowest BCUT2D eigenvalue weighted by atomic mass is 9.71. The number of nitrogens with zero attached hydrogens (tertiary/aromatic N) is 2. The Labute approximate surface area is 104 Å². The molecule has 0 aromatic carbocycles. The highest BCUT2D eigenvalue weighted by molar-refractivity contribution is 5.20. The number of piperidine rings is 1. The molecule has 1 unspecified atom stereocenters. The van der Waals surface area contributed by atoms with Crippen molar-refractivity contribution in [2.75, 3.05) is 27.2 Å². The van der Waals surface area contributed by atoms with Gasteiger partial charge in [0, 0.05) is 16.3 Å². The number of ether oxygens (including phenoxy) is 1. The third-order valence-electron chi connectivity index (χ3n) is 3.93. The molecule has 0 aromatic rings. The fraction of sp³-hybridized carbons (Fsp3) is 0.800. The fourth-order valence-electron chi connectivity index (χ4n) is 3.28. The van der Waals surface area contributed by atoms with Crippen LogP contribution in [0.1, 0.15) is 12.8 Å². The highest BCUT2D eigenvalue weighted by Crippen LogP contribution is 2.40. The molecule has 1 aliphatic heterocycles. The summed E-state index contributed by atoms with van der Waals surface area (Å²) in [6.07, 6.45) is 1.62. The van der Waals surface area contributed by atoms with E-state index in [0.29, 0.717) is 6.54 Å². The zero-order valence-electron chi connectivity index (χ0n) is 10.3. The molecule has 18 heavy (non-hydrogen) atoms. The second kappa shape index (κ2) is 3.91. The smallest absolute Gasteiger partial charge is 0.331 e. The molecule has 2 bridgehead atoms. The number of hydrogen-bond acceptors (Lipinski definition) is 5. The zero-order chi connectivity index (χ0) is 13.6. The summed E-state index contributed by atoms with van der Waals surface area (Å²) in [6.45, 7) is 0.526. The van der Waals surface area contributed by atoms with E-state index in [9.17, 15) is 20.2 Å². The van der Waals surface area contributed by atoms with E-state index in [-0.39, 0.29) is 30.1 Å². The molecule has 0 radical (unpaired) electrons. The molecule has 0 amide bonds. The molecule has 3 atom stereocenters. The summed E-state index contributed by atoms with van der Waals surface area (Å²) in [4.78, 5) is 22.7. The van der Waals surface area contributed by atoms with Crippen molar-refractivity contribution in [3.05, 3.63) is 32.1 Å². The summed E-state index contributed by atoms with van der Waals surface area (Å²) >= 11 is 0. The zero-order valence-corrected chi connectivity index (χ0v) is 10.3. The van der Waals surface area contributed by atoms with E-state index in [0.717, 1.165) is 4.90 Å². The monoisotopic (exact) mass is 258 g/mol. The van der Waals surface area contributed by atoms with Gasteiger partial charge < -0.3 is 9.64 Å². The quantitative estimate of drug-likeness (QED) is 0.510. The Hall–Kier alpha value is -1.70. The van der Waals surface area contributed by atoms with Gasteiger partial charge in [-0.2, -0.15) is 0 Å². The Kier molecular flexibility index (Phi) is 2.77. The second-order valence-corrected chi connectivity index (χ2v) is 5.23. The number of hydrogen-bond donors (Lipinski definition) is 1. The average Bonchev–Trinajstić information content (AvgIpc) is 2.28. The van der Waals surface area contributed by atoms with Crippen molar-refractivity contribution in [2.45, 2.75) is 23.9 Å². The first-order valence-electron chi connectivity index (χ1n) is 5.71. The largest absolute Gasteiger partial charge is 0.494 e. The first-order valence-corrected chi connectivity index (χ1v) is 5.71. The van der Waals surface area contributed by atoms with Crippen LogP contribution in [0.4, 0.5) is 0 Å². The Bertz CT molecular complexity index is 437. The third kappa shape index (κ3) is 1.56. The van der Waals surface area contributed by atoms with E-state index in [4.69, 9.17) is 4.74 Å². The number of fused-ring (bicyclic) bond motifs is 2. The topological polar surface area (TPSA) is 100.0 Å². The molecular formula is C10H16N3O5+. The van der Waals surface area contributed by atoms with Crippen LogP contribution in [0.2, 0.25) is 0 Å². The molecule has 8 heteroatoms. The molecule has 2 aliphatic rings. The standard InChI is InChI=1S/C10H15N3O5/c1-11-6-9(12(14)15)4-3-8(18-2)10(5-9,7-11)13(16)17/h3H,4-7H2,1-2H3/p+1/t9-,10+/m0/s1. The van der Waals surface area contributed by atoms with Crippen LogP contribution >= 0.6 is 0 Å². The molecule has 0 saturated carbocycles. The number of rotatable bonds is 3. The minimum absolute atomic E-state index is 0.0863. The van der Waals surface area contributed by atoms with Crippen LogP contribution in [-0.4, -0.2) is 48.2 Å². The highest BCUT2D eigenvalue weighted by Gasteiger charge is 2.68. The maximum atomic E-state index is 11.4. The summed E-state index contributed by atoms with van der Waals surface area (Å²) in [6, 6.07) is 0. The normalized spacial score (nSPS) is 38.8. The summed E-state index contributed by atoms with van der Waals surface area (Å²) in [5, 5.41) is 22.7. The van der Waals surface area contributed by atoms with E-state index >= 15 is 0 Å². The van der Waals surface area contributed by atoms with Gasteiger partial charge in [0.15, 0.2) is 12.3 Å². The lowest BCUT2D eigenvalue weighted by Gasteiger charge is -2.41. The first-order chi connectivity index (χ1) is 8.36. The van der Waals surface area contributed by atoms with Crippen LogP contribution in [0.15, 0.2) is 11.8 Å². The lowest BCUT2D eigenvalue weighted by Crippen LogP contribution is -3.16. The maximum absolute atomic E-state index is 11.4. The predicted molar refractivity (Wildman–Crippen MR) is 60.4 cm³/mol. The fourth-order valence-corrected chi connectivity index (χ4v) is 3.28. The van der Waals surface area contributed by atoms with Crippen LogP contribution in [-0.2, 0) is 4.74 Å². The van der Waals surface area contributed by atoms with Crippen molar-refractivity contribution < 1.29 is 19.5 Å². The van der Waals surface area contributed by atoms with Crippen LogP contribution in [0.5, 0.6) is 0 Å². The number of quaternary nitrogens is 1. The van der Waals surface area contributed by atoms with Crippen LogP contribution in [0, 0.1) is 20.2 Å². The predicted octanol–water partition coefficient (Wildman–Crippen LogP) is -1.13. The minimum Gasteiger partial charge on any atom is -0.494 e. The molecule has 2 rings (SSSR count). The van der Waals surface area contributed by atoms with E-state index in [2.05, 4.69) is 0 Å². The van der Waals surface area contributed by atoms with Gasteiger partial charge in [0.2, 0.25) is 0 Å². The van der Waals surface area contributed by atoms with Gasteiger partial charge in [-0.15, -0.1) is 0 Å². The van der Waals surface area contributed by atoms with Gasteiger partial charge in [0.1, 0.15) is 13.0 Å². The second-order valence-electron chi connectivity index (χ2n) is 5.23. The molecule has 1 saturated heterocycles. The van der Waals surface area contributed by atoms with Crippen LogP contribution in [0.25, 0.3) is 0 Å². The van der Waals surface area contributed by atoms with Crippen molar-refractivity contribution in [1.82, 2.24) is 0 Å². The Morgan fingerprint density at radius 1 is 1.33 bits per heavy atom. The van der Waals surface area contributed by atoms with Crippen molar-refractivity contribution in [3.63, 3.8) is 0 Å². The average molecular weight is 258 g/mol. The number of likely N-dealkylation sites (N-methyl/N-ethyl adjacent to an activating group) is 1. The Morgan fingerprint density at radius 3 is 2.50 bits per heavy atom. The lowest BCUT2D eigenvalue weighted by molar-refractivity contribution is -0.927. The molecular weight excluding hydrogens is 242 g/mol. The van der Waals surface area contributed by atoms with Gasteiger partial charge in [0.05, 0.1) is 14.2 Å². The van der Waals surface area contributed by atoms with Gasteiger partial charge in [-0.3, -0.25) is 20.2 Å². The third-order valence-corrected chi connectivity index (χ3v) is 3.93. The number of likely N-dealkylation sites (tertiary alicyclic amines) is 1. The van der Waals surface area contributed by atoms with Crippen molar-refractivity contribution in [3.8, 4) is 0 Å². The molecule has 0 spiro atoms. The number of nitro groups is 2. The highest BCUT2D eigenvalue weighted by atomic mass is 16.6. The summed E-state index contributed by atoms with van der Waals surface area (Å²) in [5.41, 5.74) is -2.69. The Balaban J connectivity index is 2.53. The Morgan fingerprint density at radius 2 is 2.00 bits per heavy atom. The van der Waals surface area contributed by atoms with E-state index < -0.39 is 16.0 Å². The van der Waals surface area contributed by atoms with E-state index in [1.165, 1.54) is 13.2 Å². The van der Waals surface area contributed by atoms with Crippen molar-refractivity contribution in [2.24, 2.45) is 0 Å². The van der Waals surface area contributed by atoms with Crippen molar-refractivity contribution in [1.29, 1.82) is 0 Å². The minimum atomic E-state index is -1.46. The molecule has 1 fully saturated rings. The number of nitrogens with one attached hydrogen (secondary N) is 1. The van der Waals surface area contributed by atoms with Crippen LogP contribution in [0.3, 0.4) is 0 Å². The van der Waals surface area contributed by atoms with Gasteiger partial charge in [-0.25, -0.2) is 0 Å². The van der Waals surface area contributed by atoms with Crippen molar-refractivity contribution >= 4 is 0 Å². The summed E-state index contributed by atoms with van der Waals surface area (Å²) in [5.74, 6) is 0.254. The molecule has 1 heterocycles. The van der Waals surface area contributed by atoms with Gasteiger partial charge in [-0.1, -0.05) is 0 Å². The molecule has 0 aromatic heterocycles. The maximum Gasteiger partial charge on any atom is 0.331 e. The first kappa shape index (κ1) is 12.7. The molecule has 8 nitrogen and oxygen atoms in total. The summed E-state index contributed by atoms with van der Waals surface area (Å²) < 4.78 is 5.10. The van der Waals surface area contributed by atoms with E-state index in [1.54, 1.807) is 7.05 Å². The van der Waals surface area contributed by atoms with Gasteiger partial charge in [0.25, 0.3) is 5.54 Å². The number of methoxy groups -OCH3 is 1. The molecule has 1 N–H and O–H groups in total. The molecule has 100 valence electrons.